The number of alkyl halides is 3. The summed E-state index contributed by atoms with van der Waals surface area (Å²) in [5, 5.41) is 12.0. The summed E-state index contributed by atoms with van der Waals surface area (Å²) in [5.74, 6) is -0.983. The molecule has 1 fully saturated rings. The van der Waals surface area contributed by atoms with Gasteiger partial charge < -0.3 is 21.1 Å². The molecule has 0 spiro atoms. The van der Waals surface area contributed by atoms with E-state index in [2.05, 4.69) is 10.2 Å². The first kappa shape index (κ1) is 29.0. The van der Waals surface area contributed by atoms with Crippen LogP contribution < -0.4 is 11.1 Å². The predicted octanol–water partition coefficient (Wildman–Crippen LogP) is 2.86. The molecule has 2 aromatic carbocycles. The first-order chi connectivity index (χ1) is 18.5. The monoisotopic (exact) mass is 547 g/mol. The summed E-state index contributed by atoms with van der Waals surface area (Å²) in [6.45, 7) is 5.96. The molecule has 0 aliphatic carbocycles. The van der Waals surface area contributed by atoms with Crippen LogP contribution in [0.5, 0.6) is 0 Å². The molecule has 0 aromatic heterocycles. The van der Waals surface area contributed by atoms with E-state index >= 15 is 0 Å². The molecule has 39 heavy (non-hydrogen) atoms. The van der Waals surface area contributed by atoms with Gasteiger partial charge in [-0.2, -0.15) is 13.2 Å². The molecule has 8 nitrogen and oxygen atoms in total. The molecule has 2 heterocycles. The molecule has 2 amide bonds. The van der Waals surface area contributed by atoms with Gasteiger partial charge in [0.15, 0.2) is 0 Å². The molecule has 1 unspecified atom stereocenters. The number of rotatable bonds is 8. The summed E-state index contributed by atoms with van der Waals surface area (Å²) < 4.78 is 41.9. The maximum atomic E-state index is 14.0. The van der Waals surface area contributed by atoms with Gasteiger partial charge in [0, 0.05) is 63.7 Å². The summed E-state index contributed by atoms with van der Waals surface area (Å²) in [6, 6.07) is 8.52. The minimum Gasteiger partial charge on any atom is -0.396 e. The topological polar surface area (TPSA) is 102 Å². The predicted molar refractivity (Wildman–Crippen MR) is 142 cm³/mol. The Morgan fingerprint density at radius 2 is 1.85 bits per heavy atom. The van der Waals surface area contributed by atoms with Crippen LogP contribution in [-0.2, 0) is 24.1 Å². The minimum atomic E-state index is -4.56. The van der Waals surface area contributed by atoms with E-state index in [0.717, 1.165) is 30.3 Å². The van der Waals surface area contributed by atoms with Crippen molar-refractivity contribution in [3.05, 3.63) is 64.2 Å². The lowest BCUT2D eigenvalue weighted by atomic mass is 9.88. The number of nitrogens with two attached hydrogens (primary N) is 1. The van der Waals surface area contributed by atoms with Gasteiger partial charge in [0.1, 0.15) is 0 Å². The smallest absolute Gasteiger partial charge is 0.396 e. The van der Waals surface area contributed by atoms with E-state index in [-0.39, 0.29) is 36.7 Å². The largest absolute Gasteiger partial charge is 0.416 e. The maximum Gasteiger partial charge on any atom is 0.416 e. The number of aliphatic hydroxyl groups is 1. The van der Waals surface area contributed by atoms with Crippen molar-refractivity contribution in [2.45, 2.75) is 44.6 Å². The quantitative estimate of drug-likeness (QED) is 0.470. The number of hydrogen-bond acceptors (Lipinski definition) is 6. The fraction of sp³-hybridized carbons (Fsp3) is 0.500. The molecule has 2 aliphatic rings. The van der Waals surface area contributed by atoms with Crippen LogP contribution in [0, 0.1) is 0 Å². The highest BCUT2D eigenvalue weighted by Gasteiger charge is 2.35. The Bertz CT molecular complexity index is 1200. The Morgan fingerprint density at radius 3 is 2.49 bits per heavy atom. The summed E-state index contributed by atoms with van der Waals surface area (Å²) in [6.07, 6.45) is -4.34. The summed E-state index contributed by atoms with van der Waals surface area (Å²) >= 11 is 0. The average Bonchev–Trinajstić information content (AvgIpc) is 2.88. The lowest BCUT2D eigenvalue weighted by molar-refractivity contribution is -0.138. The highest BCUT2D eigenvalue weighted by Crippen LogP contribution is 2.35. The third-order valence-electron chi connectivity index (χ3n) is 7.65. The molecular formula is C28H36F3N5O3. The minimum absolute atomic E-state index is 0.0635. The van der Waals surface area contributed by atoms with Gasteiger partial charge >= 0.3 is 6.18 Å². The molecule has 1 saturated heterocycles. The van der Waals surface area contributed by atoms with Crippen LogP contribution >= 0.6 is 0 Å². The van der Waals surface area contributed by atoms with Gasteiger partial charge in [0.2, 0.25) is 5.91 Å². The summed E-state index contributed by atoms with van der Waals surface area (Å²) in [4.78, 5) is 31.1. The fourth-order valence-electron chi connectivity index (χ4n) is 5.47. The Kier molecular flexibility index (Phi) is 8.95. The van der Waals surface area contributed by atoms with Gasteiger partial charge in [-0.3, -0.25) is 19.4 Å². The van der Waals surface area contributed by atoms with Crippen LogP contribution in [0.2, 0.25) is 0 Å². The zero-order valence-corrected chi connectivity index (χ0v) is 22.3. The second-order valence-electron chi connectivity index (χ2n) is 10.6. The van der Waals surface area contributed by atoms with Crippen LogP contribution in [-0.4, -0.2) is 84.0 Å². The lowest BCUT2D eigenvalue weighted by Crippen LogP contribution is -2.48. The van der Waals surface area contributed by atoms with E-state index in [1.54, 1.807) is 12.1 Å². The van der Waals surface area contributed by atoms with Crippen LogP contribution in [0.25, 0.3) is 0 Å². The number of carbonyl (C=O) groups excluding carboxylic acids is 2. The number of aliphatic hydroxyl groups excluding tert-OH is 1. The van der Waals surface area contributed by atoms with Crippen molar-refractivity contribution in [3.8, 4) is 0 Å². The zero-order valence-electron chi connectivity index (χ0n) is 22.3. The first-order valence-corrected chi connectivity index (χ1v) is 13.2. The molecule has 0 bridgehead atoms. The number of likely N-dealkylation sites (N-methyl/N-ethyl adjacent to an activating group) is 1. The second kappa shape index (κ2) is 12.0. The molecule has 4 rings (SSSR count). The van der Waals surface area contributed by atoms with Crippen molar-refractivity contribution in [1.82, 2.24) is 14.7 Å². The Balaban J connectivity index is 1.52. The SMILES string of the molecule is C[C@H]1CN(C(CCO)C(N)=O)Cc2cc(C(=O)Nc3ccc(CN4CCN(C)CC4)c(C(F)(F)F)c3)ccc21. The van der Waals surface area contributed by atoms with E-state index in [1.807, 2.05) is 29.8 Å². The third kappa shape index (κ3) is 6.96. The molecule has 2 atom stereocenters. The number of halogens is 3. The number of anilines is 1. The number of carbonyl (C=O) groups is 2. The summed E-state index contributed by atoms with van der Waals surface area (Å²) in [7, 11) is 1.99. The zero-order chi connectivity index (χ0) is 28.3. The van der Waals surface area contributed by atoms with Gasteiger partial charge in [-0.05, 0) is 60.3 Å². The van der Waals surface area contributed by atoms with E-state index < -0.39 is 29.6 Å². The second-order valence-corrected chi connectivity index (χ2v) is 10.6. The standard InChI is InChI=1S/C28H36F3N5O3/c1-18-15-36(25(7-12-37)26(32)38)17-21-13-19(4-6-23(18)21)27(39)33-22-5-3-20(24(14-22)28(29,30)31)16-35-10-8-34(2)9-11-35/h3-6,13-14,18,25,37H,7-12,15-17H2,1-2H3,(H2,32,38)(H,33,39)/t18-,25?/m0/s1. The van der Waals surface area contributed by atoms with Gasteiger partial charge in [-0.1, -0.05) is 19.1 Å². The Hall–Kier alpha value is -2.99. The Morgan fingerprint density at radius 1 is 1.13 bits per heavy atom. The molecule has 0 saturated carbocycles. The van der Waals surface area contributed by atoms with E-state index in [0.29, 0.717) is 31.7 Å². The van der Waals surface area contributed by atoms with Crippen LogP contribution in [0.1, 0.15) is 51.9 Å². The van der Waals surface area contributed by atoms with Gasteiger partial charge in [0.25, 0.3) is 5.91 Å². The van der Waals surface area contributed by atoms with Gasteiger partial charge in [0.05, 0.1) is 11.6 Å². The van der Waals surface area contributed by atoms with E-state index in [1.165, 1.54) is 12.1 Å². The van der Waals surface area contributed by atoms with E-state index in [9.17, 15) is 27.9 Å². The number of piperazine rings is 1. The third-order valence-corrected chi connectivity index (χ3v) is 7.65. The molecule has 212 valence electrons. The molecule has 4 N–H and O–H groups in total. The highest BCUT2D eigenvalue weighted by atomic mass is 19.4. The number of nitrogens with zero attached hydrogens (tertiary/aromatic N) is 3. The van der Waals surface area contributed by atoms with Gasteiger partial charge in [-0.15, -0.1) is 0 Å². The molecular weight excluding hydrogens is 511 g/mol. The molecule has 2 aliphatic heterocycles. The van der Waals surface area contributed by atoms with Crippen LogP contribution in [0.3, 0.4) is 0 Å². The number of hydrogen-bond donors (Lipinski definition) is 3. The summed E-state index contributed by atoms with van der Waals surface area (Å²) in [5.41, 5.74) is 7.22. The van der Waals surface area contributed by atoms with Crippen LogP contribution in [0.15, 0.2) is 36.4 Å². The van der Waals surface area contributed by atoms with Crippen molar-refractivity contribution < 1.29 is 27.9 Å². The number of fused-ring (bicyclic) bond motifs is 1. The number of nitrogens with one attached hydrogen (secondary N) is 1. The Labute approximate surface area is 226 Å². The highest BCUT2D eigenvalue weighted by molar-refractivity contribution is 6.04. The lowest BCUT2D eigenvalue weighted by Gasteiger charge is -2.37. The van der Waals surface area contributed by atoms with Crippen molar-refractivity contribution in [3.63, 3.8) is 0 Å². The van der Waals surface area contributed by atoms with Crippen LogP contribution in [0.4, 0.5) is 18.9 Å². The number of benzene rings is 2. The average molecular weight is 548 g/mol. The molecule has 11 heteroatoms. The van der Waals surface area contributed by atoms with E-state index in [4.69, 9.17) is 5.73 Å². The van der Waals surface area contributed by atoms with Crippen molar-refractivity contribution in [2.24, 2.45) is 5.73 Å². The number of primary amides is 1. The van der Waals surface area contributed by atoms with Gasteiger partial charge in [-0.25, -0.2) is 0 Å². The molecule has 2 aromatic rings. The molecule has 0 radical (unpaired) electrons. The number of amides is 2. The normalized spacial score (nSPS) is 19.9. The van der Waals surface area contributed by atoms with Crippen molar-refractivity contribution >= 4 is 17.5 Å². The van der Waals surface area contributed by atoms with Crippen molar-refractivity contribution in [1.29, 1.82) is 0 Å². The maximum absolute atomic E-state index is 14.0. The fourth-order valence-corrected chi connectivity index (χ4v) is 5.47. The first-order valence-electron chi connectivity index (χ1n) is 13.2. The van der Waals surface area contributed by atoms with Crippen molar-refractivity contribution in [2.75, 3.05) is 51.7 Å².